The molecule has 0 aliphatic carbocycles. The van der Waals surface area contributed by atoms with E-state index >= 15 is 0 Å². The molecule has 0 unspecified atom stereocenters. The number of nitrogens with zero attached hydrogens (tertiary/aromatic N) is 1. The maximum atomic E-state index is 13.9. The summed E-state index contributed by atoms with van der Waals surface area (Å²) in [6, 6.07) is 15.3. The number of nitrogens with two attached hydrogens (primary N) is 2. The Kier molecular flexibility index (Phi) is 6.51. The van der Waals surface area contributed by atoms with E-state index in [4.69, 9.17) is 16.2 Å². The Morgan fingerprint density at radius 2 is 1.79 bits per heavy atom. The summed E-state index contributed by atoms with van der Waals surface area (Å²) in [5.41, 5.74) is 13.6. The number of carbonyl (C=O) groups excluding carboxylic acids is 2. The SMILES string of the molecule is NCc1ccc(F)c(NC(=O)Nc2ccc(Oc3ccnc(-c4cc(C(N)=O)c[nH]4)c3)cc2)c1. The molecule has 0 spiro atoms. The molecule has 0 fully saturated rings. The van der Waals surface area contributed by atoms with Gasteiger partial charge in [0.1, 0.15) is 17.3 Å². The quantitative estimate of drug-likeness (QED) is 0.280. The van der Waals surface area contributed by atoms with Gasteiger partial charge in [-0.25, -0.2) is 9.18 Å². The van der Waals surface area contributed by atoms with Gasteiger partial charge in [0.15, 0.2) is 0 Å². The summed E-state index contributed by atoms with van der Waals surface area (Å²) in [6.45, 7) is 0.233. The van der Waals surface area contributed by atoms with Crippen LogP contribution in [-0.2, 0) is 6.54 Å². The Morgan fingerprint density at radius 1 is 1.00 bits per heavy atom. The standard InChI is InChI=1S/C24H21FN6O3/c25-19-6-1-14(12-26)9-20(19)31-24(33)30-16-2-4-17(5-3-16)34-18-7-8-28-22(11-18)21-10-15(13-29-21)23(27)32/h1-11,13,29H,12,26H2,(H2,27,32)(H2,30,31,33). The topological polar surface area (TPSA) is 148 Å². The molecule has 0 saturated carbocycles. The highest BCUT2D eigenvalue weighted by Gasteiger charge is 2.10. The molecule has 4 aromatic rings. The third-order valence-corrected chi connectivity index (χ3v) is 4.84. The van der Waals surface area contributed by atoms with Gasteiger partial charge < -0.3 is 31.8 Å². The van der Waals surface area contributed by atoms with E-state index < -0.39 is 17.8 Å². The summed E-state index contributed by atoms with van der Waals surface area (Å²) >= 11 is 0. The molecule has 0 saturated heterocycles. The molecule has 10 heteroatoms. The molecule has 172 valence electrons. The van der Waals surface area contributed by atoms with E-state index in [9.17, 15) is 14.0 Å². The Hall–Kier alpha value is -4.70. The fourth-order valence-corrected chi connectivity index (χ4v) is 3.13. The molecule has 3 amide bonds. The number of hydrogen-bond donors (Lipinski definition) is 5. The summed E-state index contributed by atoms with van der Waals surface area (Å²) in [5, 5.41) is 5.10. The largest absolute Gasteiger partial charge is 0.457 e. The molecule has 34 heavy (non-hydrogen) atoms. The van der Waals surface area contributed by atoms with Crippen LogP contribution in [0.25, 0.3) is 11.4 Å². The predicted octanol–water partition coefficient (Wildman–Crippen LogP) is 4.21. The summed E-state index contributed by atoms with van der Waals surface area (Å²) in [7, 11) is 0. The van der Waals surface area contributed by atoms with E-state index in [2.05, 4.69) is 20.6 Å². The van der Waals surface area contributed by atoms with E-state index in [0.717, 1.165) is 0 Å². The van der Waals surface area contributed by atoms with E-state index in [1.807, 2.05) is 0 Å². The number of ether oxygens (including phenoxy) is 1. The van der Waals surface area contributed by atoms with Crippen molar-refractivity contribution in [2.75, 3.05) is 10.6 Å². The van der Waals surface area contributed by atoms with Gasteiger partial charge in [0, 0.05) is 30.7 Å². The number of rotatable bonds is 7. The first-order valence-corrected chi connectivity index (χ1v) is 10.2. The molecule has 2 aromatic heterocycles. The number of primary amides is 1. The smallest absolute Gasteiger partial charge is 0.323 e. The van der Waals surface area contributed by atoms with Crippen molar-refractivity contribution in [1.29, 1.82) is 0 Å². The van der Waals surface area contributed by atoms with E-state index in [0.29, 0.717) is 39.7 Å². The number of H-pyrrole nitrogens is 1. The van der Waals surface area contributed by atoms with Crippen molar-refractivity contribution in [2.45, 2.75) is 6.54 Å². The summed E-state index contributed by atoms with van der Waals surface area (Å²) in [6.07, 6.45) is 3.09. The molecule has 0 atom stereocenters. The minimum Gasteiger partial charge on any atom is -0.457 e. The normalized spacial score (nSPS) is 10.5. The zero-order valence-corrected chi connectivity index (χ0v) is 17.8. The van der Waals surface area contributed by atoms with Crippen LogP contribution in [0.3, 0.4) is 0 Å². The number of aromatic nitrogens is 2. The van der Waals surface area contributed by atoms with Gasteiger partial charge in [0.05, 0.1) is 22.6 Å². The third-order valence-electron chi connectivity index (χ3n) is 4.84. The number of benzene rings is 2. The molecule has 0 radical (unpaired) electrons. The second kappa shape index (κ2) is 9.84. The van der Waals surface area contributed by atoms with Crippen LogP contribution in [0, 0.1) is 5.82 Å². The Morgan fingerprint density at radius 3 is 2.50 bits per heavy atom. The first kappa shape index (κ1) is 22.5. The highest BCUT2D eigenvalue weighted by molar-refractivity contribution is 5.99. The predicted molar refractivity (Wildman–Crippen MR) is 126 cm³/mol. The van der Waals surface area contributed by atoms with Crippen molar-refractivity contribution in [3.63, 3.8) is 0 Å². The van der Waals surface area contributed by atoms with Crippen LogP contribution in [-0.4, -0.2) is 21.9 Å². The number of halogens is 1. The van der Waals surface area contributed by atoms with Crippen molar-refractivity contribution < 1.29 is 18.7 Å². The number of pyridine rings is 1. The second-order valence-corrected chi connectivity index (χ2v) is 7.27. The number of hydrogen-bond acceptors (Lipinski definition) is 5. The lowest BCUT2D eigenvalue weighted by Gasteiger charge is -2.11. The van der Waals surface area contributed by atoms with Crippen molar-refractivity contribution in [3.8, 4) is 22.9 Å². The van der Waals surface area contributed by atoms with E-state index in [1.54, 1.807) is 54.7 Å². The monoisotopic (exact) mass is 460 g/mol. The van der Waals surface area contributed by atoms with Crippen LogP contribution in [0.15, 0.2) is 73.1 Å². The molecule has 4 rings (SSSR count). The van der Waals surface area contributed by atoms with Crippen molar-refractivity contribution in [2.24, 2.45) is 11.5 Å². The Balaban J connectivity index is 1.39. The number of nitrogens with one attached hydrogen (secondary N) is 3. The van der Waals surface area contributed by atoms with E-state index in [-0.39, 0.29) is 12.2 Å². The fourth-order valence-electron chi connectivity index (χ4n) is 3.13. The highest BCUT2D eigenvalue weighted by atomic mass is 19.1. The second-order valence-electron chi connectivity index (χ2n) is 7.27. The van der Waals surface area contributed by atoms with Crippen LogP contribution >= 0.6 is 0 Å². The molecule has 9 nitrogen and oxygen atoms in total. The average Bonchev–Trinajstić information content (AvgIpc) is 3.33. The Labute approximate surface area is 194 Å². The third kappa shape index (κ3) is 5.37. The summed E-state index contributed by atoms with van der Waals surface area (Å²) in [5.74, 6) is -0.0486. The number of carbonyl (C=O) groups is 2. The maximum Gasteiger partial charge on any atom is 0.323 e. The zero-order valence-electron chi connectivity index (χ0n) is 17.8. The van der Waals surface area contributed by atoms with Crippen LogP contribution in [0.1, 0.15) is 15.9 Å². The van der Waals surface area contributed by atoms with Crippen molar-refractivity contribution in [3.05, 3.63) is 90.0 Å². The van der Waals surface area contributed by atoms with Gasteiger partial charge in [-0.15, -0.1) is 0 Å². The first-order valence-electron chi connectivity index (χ1n) is 10.2. The molecule has 7 N–H and O–H groups in total. The summed E-state index contributed by atoms with van der Waals surface area (Å²) < 4.78 is 19.8. The highest BCUT2D eigenvalue weighted by Crippen LogP contribution is 2.26. The van der Waals surface area contributed by atoms with Crippen molar-refractivity contribution >= 4 is 23.3 Å². The minimum absolute atomic E-state index is 0.0407. The number of amides is 3. The molecular formula is C24H21FN6O3. The molecule has 2 heterocycles. The maximum absolute atomic E-state index is 13.9. The summed E-state index contributed by atoms with van der Waals surface area (Å²) in [4.78, 5) is 30.7. The lowest BCUT2D eigenvalue weighted by molar-refractivity contribution is 0.100. The van der Waals surface area contributed by atoms with Gasteiger partial charge in [0.2, 0.25) is 5.91 Å². The number of urea groups is 1. The van der Waals surface area contributed by atoms with Gasteiger partial charge in [-0.3, -0.25) is 9.78 Å². The zero-order chi connectivity index (χ0) is 24.1. The lowest BCUT2D eigenvalue weighted by atomic mass is 10.2. The van der Waals surface area contributed by atoms with Gasteiger partial charge in [0.25, 0.3) is 0 Å². The van der Waals surface area contributed by atoms with Gasteiger partial charge in [-0.1, -0.05) is 6.07 Å². The molecule has 2 aromatic carbocycles. The van der Waals surface area contributed by atoms with Gasteiger partial charge in [-0.05, 0) is 54.1 Å². The van der Waals surface area contributed by atoms with Gasteiger partial charge >= 0.3 is 6.03 Å². The minimum atomic E-state index is -0.596. The van der Waals surface area contributed by atoms with Crippen LogP contribution in [0.5, 0.6) is 11.5 Å². The first-order chi connectivity index (χ1) is 16.4. The van der Waals surface area contributed by atoms with Gasteiger partial charge in [-0.2, -0.15) is 0 Å². The van der Waals surface area contributed by atoms with Crippen LogP contribution < -0.4 is 26.8 Å². The lowest BCUT2D eigenvalue weighted by Crippen LogP contribution is -2.20. The molecule has 0 aliphatic heterocycles. The molecule has 0 aliphatic rings. The van der Waals surface area contributed by atoms with Crippen molar-refractivity contribution in [1.82, 2.24) is 9.97 Å². The number of aromatic amines is 1. The average molecular weight is 460 g/mol. The molecular weight excluding hydrogens is 439 g/mol. The van der Waals surface area contributed by atoms with E-state index in [1.165, 1.54) is 18.3 Å². The molecule has 0 bridgehead atoms. The van der Waals surface area contributed by atoms with Crippen LogP contribution in [0.4, 0.5) is 20.6 Å². The van der Waals surface area contributed by atoms with Crippen LogP contribution in [0.2, 0.25) is 0 Å². The number of anilines is 2. The fraction of sp³-hybridized carbons (Fsp3) is 0.0417. The Bertz CT molecular complexity index is 1340.